The van der Waals surface area contributed by atoms with Gasteiger partial charge in [0.2, 0.25) is 5.96 Å². The van der Waals surface area contributed by atoms with E-state index in [1.165, 1.54) is 111 Å². The molecule has 70 heavy (non-hydrogen) atoms. The fourth-order valence-corrected chi connectivity index (χ4v) is 6.97. The molecule has 3 amide bonds. The highest BCUT2D eigenvalue weighted by atomic mass is 32.2. The Balaban J connectivity index is 2.57. The van der Waals surface area contributed by atoms with E-state index in [2.05, 4.69) is 15.6 Å². The van der Waals surface area contributed by atoms with Crippen molar-refractivity contribution < 1.29 is 75.1 Å². The maximum Gasteiger partial charge on any atom is 0.425 e. The van der Waals surface area contributed by atoms with E-state index in [1.54, 1.807) is 62.3 Å². The van der Waals surface area contributed by atoms with E-state index in [0.29, 0.717) is 4.31 Å². The van der Waals surface area contributed by atoms with Crippen LogP contribution in [0.15, 0.2) is 53.5 Å². The highest BCUT2D eigenvalue weighted by Crippen LogP contribution is 2.27. The van der Waals surface area contributed by atoms with Crippen LogP contribution in [-0.4, -0.2) is 111 Å². The predicted molar refractivity (Wildman–Crippen MR) is 257 cm³/mol. The van der Waals surface area contributed by atoms with E-state index < -0.39 is 112 Å². The molecule has 22 heteroatoms. The molecular weight excluding hydrogens is 935 g/mol. The van der Waals surface area contributed by atoms with Crippen LogP contribution in [0, 0.1) is 0 Å². The van der Waals surface area contributed by atoms with Crippen molar-refractivity contribution in [2.75, 3.05) is 6.54 Å². The standard InChI is InChI=1S/C48H71N5O16S/c1-43(2,3)64-35(54)27-34(38(57)66-45(7,8)9)52(29-36(55)65-44(4,5)6)70(61,62)53(42(60)69-48(16,17)18)28-30-19-25-33(26-20-30)63-37(56)31-21-23-32(24-22-31)49-39(50-40(58)67-46(10,11)12)51-41(59)68-47(13,14)15/h19-26,34H,27-29H2,1-18H3,(H2,49,50,51,58,59)/t34-/m0/s1. The summed E-state index contributed by atoms with van der Waals surface area (Å²) in [7, 11) is -5.34. The van der Waals surface area contributed by atoms with Gasteiger partial charge in [0.1, 0.15) is 51.9 Å². The monoisotopic (exact) mass is 1010 g/mol. The van der Waals surface area contributed by atoms with Crippen molar-refractivity contribution in [1.82, 2.24) is 19.2 Å². The lowest BCUT2D eigenvalue weighted by Crippen LogP contribution is -2.56. The van der Waals surface area contributed by atoms with Gasteiger partial charge in [-0.2, -0.15) is 17.0 Å². The summed E-state index contributed by atoms with van der Waals surface area (Å²) in [5.74, 6) is -4.50. The highest BCUT2D eigenvalue weighted by molar-refractivity contribution is 7.87. The van der Waals surface area contributed by atoms with E-state index >= 15 is 0 Å². The molecule has 2 N–H and O–H groups in total. The summed E-state index contributed by atoms with van der Waals surface area (Å²) < 4.78 is 68.6. The third-order valence-corrected chi connectivity index (χ3v) is 9.54. The third-order valence-electron chi connectivity index (χ3n) is 7.73. The molecule has 0 aromatic heterocycles. The van der Waals surface area contributed by atoms with Crippen LogP contribution < -0.4 is 15.4 Å². The summed E-state index contributed by atoms with van der Waals surface area (Å²) in [6, 6.07) is 8.87. The number of esters is 4. The van der Waals surface area contributed by atoms with E-state index in [1.807, 2.05) is 0 Å². The fourth-order valence-electron chi connectivity index (χ4n) is 5.43. The van der Waals surface area contributed by atoms with Gasteiger partial charge in [0.05, 0.1) is 24.2 Å². The van der Waals surface area contributed by atoms with Crippen molar-refractivity contribution in [3.05, 3.63) is 59.7 Å². The number of nitrogens with zero attached hydrogens (tertiary/aromatic N) is 3. The van der Waals surface area contributed by atoms with Crippen molar-refractivity contribution >= 4 is 64.0 Å². The highest BCUT2D eigenvalue weighted by Gasteiger charge is 2.46. The number of alkyl carbamates (subject to hydrolysis) is 2. The second kappa shape index (κ2) is 23.1. The first kappa shape index (κ1) is 59.8. The summed E-state index contributed by atoms with van der Waals surface area (Å²) in [5, 5.41) is 4.73. The van der Waals surface area contributed by atoms with Crippen LogP contribution in [0.1, 0.15) is 147 Å². The van der Waals surface area contributed by atoms with Crippen LogP contribution in [0.25, 0.3) is 0 Å². The Morgan fingerprint density at radius 1 is 0.557 bits per heavy atom. The van der Waals surface area contributed by atoms with Crippen LogP contribution in [0.2, 0.25) is 0 Å². The Bertz CT molecular complexity index is 2310. The summed E-state index contributed by atoms with van der Waals surface area (Å²) in [5.41, 5.74) is -5.97. The number of hydrogen-bond donors (Lipinski definition) is 2. The zero-order valence-corrected chi connectivity index (χ0v) is 44.4. The molecule has 21 nitrogen and oxygen atoms in total. The van der Waals surface area contributed by atoms with E-state index in [0.717, 1.165) is 0 Å². The van der Waals surface area contributed by atoms with E-state index in [-0.39, 0.29) is 32.8 Å². The molecule has 0 aliphatic carbocycles. The van der Waals surface area contributed by atoms with Crippen LogP contribution in [-0.2, 0) is 59.6 Å². The third kappa shape index (κ3) is 22.9. The van der Waals surface area contributed by atoms with Crippen LogP contribution in [0.4, 0.5) is 20.1 Å². The molecule has 0 fully saturated rings. The van der Waals surface area contributed by atoms with Gasteiger partial charge in [0, 0.05) is 0 Å². The molecule has 390 valence electrons. The van der Waals surface area contributed by atoms with Crippen molar-refractivity contribution in [3.63, 3.8) is 0 Å². The number of carbonyl (C=O) groups excluding carboxylic acids is 7. The molecular formula is C48H71N5O16S. The summed E-state index contributed by atoms with van der Waals surface area (Å²) in [4.78, 5) is 97.2. The van der Waals surface area contributed by atoms with Gasteiger partial charge in [0.25, 0.3) is 0 Å². The smallest absolute Gasteiger partial charge is 0.425 e. The van der Waals surface area contributed by atoms with Gasteiger partial charge in [-0.05, 0) is 167 Å². The minimum absolute atomic E-state index is 0.00170. The molecule has 1 atom stereocenters. The number of benzene rings is 2. The maximum atomic E-state index is 14.9. The molecule has 0 unspecified atom stereocenters. The van der Waals surface area contributed by atoms with Crippen LogP contribution >= 0.6 is 0 Å². The van der Waals surface area contributed by atoms with Gasteiger partial charge < -0.3 is 33.2 Å². The predicted octanol–water partition coefficient (Wildman–Crippen LogP) is 8.01. The van der Waals surface area contributed by atoms with E-state index in [9.17, 15) is 42.0 Å². The summed E-state index contributed by atoms with van der Waals surface area (Å²) in [6.45, 7) is 26.3. The first-order valence-electron chi connectivity index (χ1n) is 22.2. The average Bonchev–Trinajstić information content (AvgIpc) is 3.11. The molecule has 2 rings (SSSR count). The topological polar surface area (TPSA) is 261 Å². The Kier molecular flexibility index (Phi) is 19.7. The van der Waals surface area contributed by atoms with E-state index in [4.69, 9.17) is 33.2 Å². The molecule has 0 saturated heterocycles. The van der Waals surface area contributed by atoms with Crippen molar-refractivity contribution in [3.8, 4) is 5.75 Å². The summed E-state index contributed by atoms with van der Waals surface area (Å²) in [6.07, 6.45) is -4.15. The van der Waals surface area contributed by atoms with Crippen molar-refractivity contribution in [2.45, 2.75) is 177 Å². The SMILES string of the molecule is CC(C)(C)OC(=O)C[C@@H](C(=O)OC(C)(C)C)N(CC(=O)OC(C)(C)C)S(=O)(=O)N(Cc1ccc(OC(=O)c2ccc(N=C(NC(=O)OC(C)(C)C)NC(=O)OC(C)(C)C)cc2)cc1)C(=O)OC(C)(C)C. The molecule has 0 heterocycles. The van der Waals surface area contributed by atoms with Gasteiger partial charge >= 0.3 is 52.4 Å². The van der Waals surface area contributed by atoms with Gasteiger partial charge in [0.15, 0.2) is 0 Å². The minimum Gasteiger partial charge on any atom is -0.460 e. The number of hydrogen-bond acceptors (Lipinski definition) is 17. The van der Waals surface area contributed by atoms with Crippen LogP contribution in [0.3, 0.4) is 0 Å². The minimum atomic E-state index is -5.34. The first-order chi connectivity index (χ1) is 31.5. The van der Waals surface area contributed by atoms with Crippen molar-refractivity contribution in [1.29, 1.82) is 0 Å². The zero-order valence-electron chi connectivity index (χ0n) is 43.6. The number of rotatable bonds is 13. The number of amides is 3. The molecule has 0 radical (unpaired) electrons. The number of carbonyl (C=O) groups is 7. The number of nitrogens with one attached hydrogen (secondary N) is 2. The zero-order chi connectivity index (χ0) is 54.0. The number of ether oxygens (including phenoxy) is 7. The normalized spacial score (nSPS) is 12.9. The Hall–Kier alpha value is -6.29. The molecule has 0 aliphatic rings. The molecule has 0 bridgehead atoms. The summed E-state index contributed by atoms with van der Waals surface area (Å²) >= 11 is 0. The van der Waals surface area contributed by atoms with Crippen LogP contribution in [0.5, 0.6) is 5.75 Å². The fraction of sp³-hybridized carbons (Fsp3) is 0.583. The molecule has 0 saturated carbocycles. The second-order valence-corrected chi connectivity index (χ2v) is 23.6. The van der Waals surface area contributed by atoms with Crippen molar-refractivity contribution in [2.24, 2.45) is 4.99 Å². The molecule has 0 spiro atoms. The number of guanidine groups is 1. The number of aliphatic imine (C=N–C) groups is 1. The van der Waals surface area contributed by atoms with Gasteiger partial charge in [-0.25, -0.2) is 24.2 Å². The van der Waals surface area contributed by atoms with Gasteiger partial charge in [-0.1, -0.05) is 12.1 Å². The lowest BCUT2D eigenvalue weighted by Gasteiger charge is -2.35. The molecule has 2 aromatic carbocycles. The largest absolute Gasteiger partial charge is 0.460 e. The van der Waals surface area contributed by atoms with Gasteiger partial charge in [-0.15, -0.1) is 0 Å². The lowest BCUT2D eigenvalue weighted by atomic mass is 10.1. The Labute approximate surface area is 411 Å². The Morgan fingerprint density at radius 2 is 0.986 bits per heavy atom. The first-order valence-corrected chi connectivity index (χ1v) is 23.6. The quantitative estimate of drug-likeness (QED) is 0.0633. The molecule has 0 aliphatic heterocycles. The second-order valence-electron chi connectivity index (χ2n) is 21.8. The maximum absolute atomic E-state index is 14.9. The average molecular weight is 1010 g/mol. The van der Waals surface area contributed by atoms with Gasteiger partial charge in [-0.3, -0.25) is 25.0 Å². The molecule has 2 aromatic rings. The Morgan fingerprint density at radius 3 is 1.41 bits per heavy atom. The lowest BCUT2D eigenvalue weighted by molar-refractivity contribution is -0.168.